The van der Waals surface area contributed by atoms with Crippen LogP contribution in [0.2, 0.25) is 0 Å². The van der Waals surface area contributed by atoms with Crippen molar-refractivity contribution in [2.24, 2.45) is 0 Å². The Kier molecular flexibility index (Phi) is 4.78. The number of nitrogens with one attached hydrogen (secondary N) is 1. The maximum absolute atomic E-state index is 5.49. The van der Waals surface area contributed by atoms with Crippen molar-refractivity contribution >= 4 is 0 Å². The van der Waals surface area contributed by atoms with Crippen molar-refractivity contribution in [3.05, 3.63) is 71.8 Å². The third-order valence-corrected chi connectivity index (χ3v) is 3.27. The summed E-state index contributed by atoms with van der Waals surface area (Å²) < 4.78 is 0. The van der Waals surface area contributed by atoms with Gasteiger partial charge in [0.2, 0.25) is 0 Å². The summed E-state index contributed by atoms with van der Waals surface area (Å²) in [5.74, 6) is 2.76. The highest BCUT2D eigenvalue weighted by Crippen LogP contribution is 2.21. The first kappa shape index (κ1) is 13.4. The average Bonchev–Trinajstić information content (AvgIpc) is 2.48. The second kappa shape index (κ2) is 6.78. The molecule has 2 aromatic rings. The molecule has 2 atom stereocenters. The summed E-state index contributed by atoms with van der Waals surface area (Å²) >= 11 is 0. The molecule has 0 saturated carbocycles. The van der Waals surface area contributed by atoms with Crippen molar-refractivity contribution in [2.45, 2.75) is 25.4 Å². The van der Waals surface area contributed by atoms with Crippen LogP contribution in [0, 0.1) is 12.3 Å². The highest BCUT2D eigenvalue weighted by Gasteiger charge is 2.13. The van der Waals surface area contributed by atoms with Gasteiger partial charge in [-0.15, -0.1) is 12.3 Å². The summed E-state index contributed by atoms with van der Waals surface area (Å²) in [4.78, 5) is 0. The van der Waals surface area contributed by atoms with Crippen molar-refractivity contribution in [2.75, 3.05) is 0 Å². The van der Waals surface area contributed by atoms with Crippen LogP contribution < -0.4 is 5.32 Å². The molecule has 1 heteroatoms. The van der Waals surface area contributed by atoms with Gasteiger partial charge in [-0.2, -0.15) is 0 Å². The van der Waals surface area contributed by atoms with E-state index in [1.807, 2.05) is 24.3 Å². The number of benzene rings is 2. The summed E-state index contributed by atoms with van der Waals surface area (Å²) in [5, 5.41) is 3.61. The van der Waals surface area contributed by atoms with Crippen molar-refractivity contribution < 1.29 is 0 Å². The predicted octanol–water partition coefficient (Wildman–Crippen LogP) is 4.10. The lowest BCUT2D eigenvalue weighted by Gasteiger charge is -2.22. The third kappa shape index (κ3) is 3.71. The second-order valence-electron chi connectivity index (χ2n) is 4.67. The number of rotatable bonds is 5. The van der Waals surface area contributed by atoms with Gasteiger partial charge in [-0.25, -0.2) is 0 Å². The summed E-state index contributed by atoms with van der Waals surface area (Å²) in [5.41, 5.74) is 2.52. The van der Waals surface area contributed by atoms with E-state index < -0.39 is 0 Å². The molecule has 2 aromatic carbocycles. The zero-order chi connectivity index (χ0) is 13.5. The fourth-order valence-corrected chi connectivity index (χ4v) is 2.22. The van der Waals surface area contributed by atoms with Crippen molar-refractivity contribution in [1.29, 1.82) is 0 Å². The van der Waals surface area contributed by atoms with Gasteiger partial charge in [0.05, 0.1) is 0 Å². The lowest BCUT2D eigenvalue weighted by atomic mass is 10.0. The maximum atomic E-state index is 5.49. The molecule has 2 rings (SSSR count). The first-order chi connectivity index (χ1) is 9.31. The predicted molar refractivity (Wildman–Crippen MR) is 80.6 cm³/mol. The maximum Gasteiger partial charge on any atom is 0.0435 e. The first-order valence-corrected chi connectivity index (χ1v) is 6.60. The molecule has 0 bridgehead atoms. The van der Waals surface area contributed by atoms with Gasteiger partial charge >= 0.3 is 0 Å². The van der Waals surface area contributed by atoms with Crippen LogP contribution in [0.4, 0.5) is 0 Å². The molecule has 0 aliphatic heterocycles. The van der Waals surface area contributed by atoms with E-state index in [-0.39, 0.29) is 12.1 Å². The fourth-order valence-electron chi connectivity index (χ4n) is 2.22. The Hall–Kier alpha value is -2.04. The summed E-state index contributed by atoms with van der Waals surface area (Å²) in [6.07, 6.45) is 6.19. The Balaban J connectivity index is 2.12. The smallest absolute Gasteiger partial charge is 0.0435 e. The SMILES string of the molecule is C#CC[C@H](N[C@H](C)c1ccccc1)c1ccccc1. The Bertz CT molecular complexity index is 525. The summed E-state index contributed by atoms with van der Waals surface area (Å²) in [6.45, 7) is 2.17. The highest BCUT2D eigenvalue weighted by molar-refractivity contribution is 5.23. The molecular formula is C18H19N. The van der Waals surface area contributed by atoms with Gasteiger partial charge in [0, 0.05) is 18.5 Å². The van der Waals surface area contributed by atoms with Gasteiger partial charge in [0.25, 0.3) is 0 Å². The fraction of sp³-hybridized carbons (Fsp3) is 0.222. The summed E-state index contributed by atoms with van der Waals surface area (Å²) in [7, 11) is 0. The molecule has 0 amide bonds. The van der Waals surface area contributed by atoms with Crippen LogP contribution in [-0.4, -0.2) is 0 Å². The van der Waals surface area contributed by atoms with Crippen molar-refractivity contribution in [3.63, 3.8) is 0 Å². The van der Waals surface area contributed by atoms with E-state index in [0.29, 0.717) is 6.42 Å². The average molecular weight is 249 g/mol. The number of terminal acetylenes is 1. The molecule has 0 heterocycles. The van der Waals surface area contributed by atoms with Gasteiger partial charge in [-0.1, -0.05) is 60.7 Å². The van der Waals surface area contributed by atoms with E-state index in [9.17, 15) is 0 Å². The zero-order valence-electron chi connectivity index (χ0n) is 11.2. The van der Waals surface area contributed by atoms with Crippen LogP contribution in [0.15, 0.2) is 60.7 Å². The highest BCUT2D eigenvalue weighted by atomic mass is 14.9. The minimum absolute atomic E-state index is 0.196. The van der Waals surface area contributed by atoms with Crippen LogP contribution in [0.1, 0.15) is 36.6 Å². The van der Waals surface area contributed by atoms with Crippen LogP contribution in [0.25, 0.3) is 0 Å². The third-order valence-electron chi connectivity index (χ3n) is 3.27. The number of hydrogen-bond donors (Lipinski definition) is 1. The van der Waals surface area contributed by atoms with Gasteiger partial charge in [-0.3, -0.25) is 0 Å². The molecule has 0 aliphatic carbocycles. The van der Waals surface area contributed by atoms with Crippen LogP contribution >= 0.6 is 0 Å². The molecule has 0 radical (unpaired) electrons. The Morgan fingerprint density at radius 2 is 1.47 bits per heavy atom. The van der Waals surface area contributed by atoms with Crippen LogP contribution in [0.3, 0.4) is 0 Å². The molecule has 0 aromatic heterocycles. The number of hydrogen-bond acceptors (Lipinski definition) is 1. The minimum Gasteiger partial charge on any atom is -0.302 e. The summed E-state index contributed by atoms with van der Waals surface area (Å²) in [6, 6.07) is 21.3. The van der Waals surface area contributed by atoms with E-state index in [1.54, 1.807) is 0 Å². The molecule has 1 nitrogen and oxygen atoms in total. The van der Waals surface area contributed by atoms with Gasteiger partial charge < -0.3 is 5.32 Å². The first-order valence-electron chi connectivity index (χ1n) is 6.60. The van der Waals surface area contributed by atoms with Crippen molar-refractivity contribution in [1.82, 2.24) is 5.32 Å². The lowest BCUT2D eigenvalue weighted by Crippen LogP contribution is -2.24. The van der Waals surface area contributed by atoms with E-state index in [4.69, 9.17) is 6.42 Å². The molecule has 1 N–H and O–H groups in total. The molecule has 19 heavy (non-hydrogen) atoms. The van der Waals surface area contributed by atoms with E-state index in [0.717, 1.165) is 0 Å². The Labute approximate surface area is 115 Å². The van der Waals surface area contributed by atoms with E-state index in [2.05, 4.69) is 54.6 Å². The molecule has 0 fully saturated rings. The van der Waals surface area contributed by atoms with E-state index in [1.165, 1.54) is 11.1 Å². The minimum atomic E-state index is 0.196. The zero-order valence-corrected chi connectivity index (χ0v) is 11.2. The Morgan fingerprint density at radius 3 is 2.00 bits per heavy atom. The quantitative estimate of drug-likeness (QED) is 0.787. The second-order valence-corrected chi connectivity index (χ2v) is 4.67. The monoisotopic (exact) mass is 249 g/mol. The van der Waals surface area contributed by atoms with Crippen molar-refractivity contribution in [3.8, 4) is 12.3 Å². The lowest BCUT2D eigenvalue weighted by molar-refractivity contribution is 0.474. The molecule has 96 valence electrons. The van der Waals surface area contributed by atoms with Gasteiger partial charge in [0.1, 0.15) is 0 Å². The van der Waals surface area contributed by atoms with Gasteiger partial charge in [0.15, 0.2) is 0 Å². The largest absolute Gasteiger partial charge is 0.302 e. The molecule has 0 unspecified atom stereocenters. The van der Waals surface area contributed by atoms with Gasteiger partial charge in [-0.05, 0) is 18.1 Å². The normalized spacial score (nSPS) is 13.5. The molecular weight excluding hydrogens is 230 g/mol. The molecule has 0 aliphatic rings. The Morgan fingerprint density at radius 1 is 0.947 bits per heavy atom. The van der Waals surface area contributed by atoms with Crippen LogP contribution in [-0.2, 0) is 0 Å². The molecule has 0 saturated heterocycles. The molecule has 0 spiro atoms. The van der Waals surface area contributed by atoms with Crippen LogP contribution in [0.5, 0.6) is 0 Å². The topological polar surface area (TPSA) is 12.0 Å². The standard InChI is InChI=1S/C18H19N/c1-3-10-18(17-13-8-5-9-14-17)19-15(2)16-11-6-4-7-12-16/h1,4-9,11-15,18-19H,10H2,2H3/t15-,18+/m1/s1. The van der Waals surface area contributed by atoms with E-state index >= 15 is 0 Å².